The van der Waals surface area contributed by atoms with Crippen LogP contribution in [0.1, 0.15) is 22.6 Å². The van der Waals surface area contributed by atoms with Crippen molar-refractivity contribution in [2.75, 3.05) is 5.88 Å². The molecule has 0 amide bonds. The largest absolute Gasteiger partial charge is 0.205 e. The maximum atomic E-state index is 13.9. The van der Waals surface area contributed by atoms with E-state index in [9.17, 15) is 4.39 Å². The van der Waals surface area contributed by atoms with Crippen molar-refractivity contribution in [2.24, 2.45) is 0 Å². The summed E-state index contributed by atoms with van der Waals surface area (Å²) in [7, 11) is 0. The number of benzene rings is 2. The van der Waals surface area contributed by atoms with Crippen LogP contribution in [0, 0.1) is 12.7 Å². The summed E-state index contributed by atoms with van der Waals surface area (Å²) in [6.07, 6.45) is 0.555. The minimum Gasteiger partial charge on any atom is -0.205 e. The van der Waals surface area contributed by atoms with E-state index in [0.717, 1.165) is 5.56 Å². The Kier molecular flexibility index (Phi) is 4.84. The van der Waals surface area contributed by atoms with Crippen molar-refractivity contribution >= 4 is 23.2 Å². The molecule has 0 aliphatic rings. The van der Waals surface area contributed by atoms with Gasteiger partial charge in [-0.25, -0.2) is 4.39 Å². The topological polar surface area (TPSA) is 0 Å². The molecular weight excluding hydrogens is 282 g/mol. The fourth-order valence-corrected chi connectivity index (χ4v) is 2.64. The standard InChI is InChI=1S/C16H15Cl2F/c1-11-4-2-5-12(8-11)14(10-17)9-13-6-3-7-15(18)16(13)19/h2-8,14H,9-10H2,1H3. The van der Waals surface area contributed by atoms with Gasteiger partial charge in [-0.1, -0.05) is 53.6 Å². The van der Waals surface area contributed by atoms with Crippen LogP contribution in [0.2, 0.25) is 5.02 Å². The van der Waals surface area contributed by atoms with Gasteiger partial charge in [-0.15, -0.1) is 11.6 Å². The molecule has 0 aliphatic heterocycles. The number of hydrogen-bond donors (Lipinski definition) is 0. The molecule has 0 spiro atoms. The van der Waals surface area contributed by atoms with Gasteiger partial charge in [0.1, 0.15) is 5.82 Å². The summed E-state index contributed by atoms with van der Waals surface area (Å²) >= 11 is 11.8. The Morgan fingerprint density at radius 1 is 1.16 bits per heavy atom. The Labute approximate surface area is 123 Å². The van der Waals surface area contributed by atoms with Gasteiger partial charge in [0, 0.05) is 11.8 Å². The summed E-state index contributed by atoms with van der Waals surface area (Å²) in [6.45, 7) is 2.04. The molecule has 0 aliphatic carbocycles. The van der Waals surface area contributed by atoms with Gasteiger partial charge in [-0.3, -0.25) is 0 Å². The fourth-order valence-electron chi connectivity index (χ4n) is 2.16. The molecule has 2 aromatic carbocycles. The van der Waals surface area contributed by atoms with E-state index in [1.54, 1.807) is 18.2 Å². The van der Waals surface area contributed by atoms with Gasteiger partial charge in [0.15, 0.2) is 0 Å². The highest BCUT2D eigenvalue weighted by atomic mass is 35.5. The summed E-state index contributed by atoms with van der Waals surface area (Å²) in [5.41, 5.74) is 2.92. The summed E-state index contributed by atoms with van der Waals surface area (Å²) < 4.78 is 13.9. The van der Waals surface area contributed by atoms with E-state index in [-0.39, 0.29) is 16.8 Å². The quantitative estimate of drug-likeness (QED) is 0.667. The predicted molar refractivity (Wildman–Crippen MR) is 79.8 cm³/mol. The number of alkyl halides is 1. The predicted octanol–water partition coefficient (Wildman–Crippen LogP) is 5.35. The molecule has 0 saturated heterocycles. The molecule has 1 unspecified atom stereocenters. The number of hydrogen-bond acceptors (Lipinski definition) is 0. The lowest BCUT2D eigenvalue weighted by Gasteiger charge is -2.16. The van der Waals surface area contributed by atoms with E-state index in [1.165, 1.54) is 5.56 Å². The molecule has 0 fully saturated rings. The van der Waals surface area contributed by atoms with Crippen molar-refractivity contribution in [1.82, 2.24) is 0 Å². The number of aryl methyl sites for hydroxylation is 1. The zero-order chi connectivity index (χ0) is 13.8. The van der Waals surface area contributed by atoms with E-state index in [1.807, 2.05) is 25.1 Å². The van der Waals surface area contributed by atoms with Crippen LogP contribution in [0.3, 0.4) is 0 Å². The molecule has 0 nitrogen and oxygen atoms in total. The first-order valence-electron chi connectivity index (χ1n) is 6.17. The molecule has 2 aromatic rings. The Balaban J connectivity index is 2.26. The third kappa shape index (κ3) is 3.49. The molecular formula is C16H15Cl2F. The first kappa shape index (κ1) is 14.4. The van der Waals surface area contributed by atoms with Crippen LogP contribution in [-0.4, -0.2) is 5.88 Å². The highest BCUT2D eigenvalue weighted by molar-refractivity contribution is 6.30. The Morgan fingerprint density at radius 3 is 2.58 bits per heavy atom. The zero-order valence-electron chi connectivity index (χ0n) is 10.7. The summed E-state index contributed by atoms with van der Waals surface area (Å²) in [4.78, 5) is 0. The van der Waals surface area contributed by atoms with Crippen LogP contribution in [-0.2, 0) is 6.42 Å². The molecule has 0 saturated carbocycles. The van der Waals surface area contributed by atoms with Crippen LogP contribution in [0.5, 0.6) is 0 Å². The van der Waals surface area contributed by atoms with Gasteiger partial charge < -0.3 is 0 Å². The maximum absolute atomic E-state index is 13.9. The van der Waals surface area contributed by atoms with Gasteiger partial charge in [0.05, 0.1) is 5.02 Å². The van der Waals surface area contributed by atoms with E-state index in [2.05, 4.69) is 6.07 Å². The molecule has 0 N–H and O–H groups in total. The monoisotopic (exact) mass is 296 g/mol. The van der Waals surface area contributed by atoms with Gasteiger partial charge in [-0.05, 0) is 30.5 Å². The second kappa shape index (κ2) is 6.40. The van der Waals surface area contributed by atoms with Crippen molar-refractivity contribution in [2.45, 2.75) is 19.3 Å². The first-order chi connectivity index (χ1) is 9.11. The minimum atomic E-state index is -0.341. The normalized spacial score (nSPS) is 12.4. The highest BCUT2D eigenvalue weighted by Gasteiger charge is 2.15. The Bertz CT molecular complexity index is 566. The highest BCUT2D eigenvalue weighted by Crippen LogP contribution is 2.26. The zero-order valence-corrected chi connectivity index (χ0v) is 12.2. The Morgan fingerprint density at radius 2 is 1.89 bits per heavy atom. The van der Waals surface area contributed by atoms with Crippen molar-refractivity contribution in [3.8, 4) is 0 Å². The smallest absolute Gasteiger partial charge is 0.144 e. The lowest BCUT2D eigenvalue weighted by atomic mass is 9.92. The molecule has 2 rings (SSSR count). The van der Waals surface area contributed by atoms with E-state index in [0.29, 0.717) is 17.9 Å². The lowest BCUT2D eigenvalue weighted by molar-refractivity contribution is 0.599. The molecule has 0 bridgehead atoms. The summed E-state index contributed by atoms with van der Waals surface area (Å²) in [5.74, 6) is 0.205. The van der Waals surface area contributed by atoms with Crippen molar-refractivity contribution in [3.63, 3.8) is 0 Å². The minimum absolute atomic E-state index is 0.0922. The molecule has 3 heteroatoms. The average Bonchev–Trinajstić information content (AvgIpc) is 2.40. The second-order valence-electron chi connectivity index (χ2n) is 4.68. The third-order valence-electron chi connectivity index (χ3n) is 3.20. The van der Waals surface area contributed by atoms with Gasteiger partial charge >= 0.3 is 0 Å². The first-order valence-corrected chi connectivity index (χ1v) is 7.08. The molecule has 19 heavy (non-hydrogen) atoms. The average molecular weight is 297 g/mol. The van der Waals surface area contributed by atoms with Crippen LogP contribution in [0.4, 0.5) is 4.39 Å². The van der Waals surface area contributed by atoms with E-state index < -0.39 is 0 Å². The van der Waals surface area contributed by atoms with Crippen LogP contribution in [0.15, 0.2) is 42.5 Å². The van der Waals surface area contributed by atoms with Crippen molar-refractivity contribution in [1.29, 1.82) is 0 Å². The number of rotatable bonds is 4. The second-order valence-corrected chi connectivity index (χ2v) is 5.40. The summed E-state index contributed by atoms with van der Waals surface area (Å²) in [5, 5.41) is 0.162. The molecule has 1 atom stereocenters. The van der Waals surface area contributed by atoms with E-state index >= 15 is 0 Å². The van der Waals surface area contributed by atoms with E-state index in [4.69, 9.17) is 23.2 Å². The molecule has 100 valence electrons. The summed E-state index contributed by atoms with van der Waals surface area (Å²) in [6, 6.07) is 13.2. The van der Waals surface area contributed by atoms with Crippen LogP contribution >= 0.6 is 23.2 Å². The van der Waals surface area contributed by atoms with Gasteiger partial charge in [0.25, 0.3) is 0 Å². The fraction of sp³-hybridized carbons (Fsp3) is 0.250. The maximum Gasteiger partial charge on any atom is 0.144 e. The third-order valence-corrected chi connectivity index (χ3v) is 3.86. The molecule has 0 radical (unpaired) electrons. The van der Waals surface area contributed by atoms with Gasteiger partial charge in [0.2, 0.25) is 0 Å². The van der Waals surface area contributed by atoms with Gasteiger partial charge in [-0.2, -0.15) is 0 Å². The van der Waals surface area contributed by atoms with Crippen LogP contribution < -0.4 is 0 Å². The lowest BCUT2D eigenvalue weighted by Crippen LogP contribution is -2.06. The number of halogens is 3. The molecule has 0 heterocycles. The molecule has 0 aromatic heterocycles. The Hall–Kier alpha value is -1.05. The van der Waals surface area contributed by atoms with Crippen LogP contribution in [0.25, 0.3) is 0 Å². The SMILES string of the molecule is Cc1cccc(C(CCl)Cc2cccc(Cl)c2F)c1. The van der Waals surface area contributed by atoms with Crippen molar-refractivity contribution in [3.05, 3.63) is 70.0 Å². The van der Waals surface area contributed by atoms with Crippen molar-refractivity contribution < 1.29 is 4.39 Å².